The Balaban J connectivity index is 1.50. The van der Waals surface area contributed by atoms with Crippen molar-refractivity contribution in [2.45, 2.75) is 81.2 Å². The van der Waals surface area contributed by atoms with Crippen molar-refractivity contribution in [1.82, 2.24) is 14.9 Å². The number of carbonyl (C=O) groups excluding carboxylic acids is 2. The fourth-order valence-corrected chi connectivity index (χ4v) is 4.27. The van der Waals surface area contributed by atoms with Crippen LogP contribution < -0.4 is 16.6 Å². The summed E-state index contributed by atoms with van der Waals surface area (Å²) in [5.41, 5.74) is -1.49. The molecule has 2 aliphatic heterocycles. The number of hydrogen-bond acceptors (Lipinski definition) is 12. The van der Waals surface area contributed by atoms with Gasteiger partial charge in [-0.1, -0.05) is 0 Å². The molecule has 9 atom stereocenters. The Bertz CT molecular complexity index is 1030. The molecule has 15 heteroatoms. The lowest BCUT2D eigenvalue weighted by Crippen LogP contribution is -2.63. The number of nitrogens with one attached hydrogen (secondary N) is 2. The number of aliphatic hydroxyl groups excluding tert-OH is 5. The first-order valence-electron chi connectivity index (χ1n) is 11.4. The highest BCUT2D eigenvalue weighted by molar-refractivity contribution is 5.73. The maximum atomic E-state index is 12.2. The van der Waals surface area contributed by atoms with Gasteiger partial charge < -0.3 is 45.1 Å². The Morgan fingerprint density at radius 3 is 2.39 bits per heavy atom. The van der Waals surface area contributed by atoms with Gasteiger partial charge in [0.15, 0.2) is 6.23 Å². The quantitative estimate of drug-likeness (QED) is 0.155. The lowest BCUT2D eigenvalue weighted by Gasteiger charge is -2.42. The van der Waals surface area contributed by atoms with Crippen molar-refractivity contribution in [1.29, 1.82) is 0 Å². The zero-order chi connectivity index (χ0) is 26.6. The van der Waals surface area contributed by atoms with Gasteiger partial charge in [-0.2, -0.15) is 0 Å². The van der Waals surface area contributed by atoms with Gasteiger partial charge in [0.05, 0.1) is 18.8 Å². The fourth-order valence-electron chi connectivity index (χ4n) is 4.27. The molecule has 0 bridgehead atoms. The monoisotopic (exact) mass is 517 g/mol. The van der Waals surface area contributed by atoms with Crippen LogP contribution in [0.4, 0.5) is 0 Å². The van der Waals surface area contributed by atoms with Gasteiger partial charge in [0.25, 0.3) is 5.56 Å². The van der Waals surface area contributed by atoms with E-state index in [9.17, 15) is 44.7 Å². The van der Waals surface area contributed by atoms with E-state index in [2.05, 4.69) is 5.32 Å². The number of amides is 1. The van der Waals surface area contributed by atoms with E-state index in [0.717, 1.165) is 16.8 Å². The summed E-state index contributed by atoms with van der Waals surface area (Å²) < 4.78 is 17.1. The molecule has 1 aromatic rings. The van der Waals surface area contributed by atoms with Crippen LogP contribution in [0.15, 0.2) is 21.9 Å². The highest BCUT2D eigenvalue weighted by Gasteiger charge is 2.45. The molecule has 0 aliphatic carbocycles. The number of ether oxygens (including phenoxy) is 3. The third kappa shape index (κ3) is 6.36. The average molecular weight is 517 g/mol. The Kier molecular flexibility index (Phi) is 9.35. The van der Waals surface area contributed by atoms with E-state index < -0.39 is 91.3 Å². The second-order valence-corrected chi connectivity index (χ2v) is 8.74. The number of aliphatic hydroxyl groups is 5. The van der Waals surface area contributed by atoms with Crippen LogP contribution >= 0.6 is 0 Å². The van der Waals surface area contributed by atoms with Crippen molar-refractivity contribution in [3.05, 3.63) is 33.1 Å². The van der Waals surface area contributed by atoms with Crippen LogP contribution in [0.25, 0.3) is 0 Å². The SMILES string of the molecule is CC(=O)N[C@@H]1[C@@H](O)[C@H](O)[C@@H](CO)O[C@@H]1CCCC(=O)OC[C@H]1O[C@@H](n2ccc(=O)[nH]c2=O)[C@H](O)[C@@H]1O. The van der Waals surface area contributed by atoms with Crippen molar-refractivity contribution in [3.63, 3.8) is 0 Å². The third-order valence-electron chi connectivity index (χ3n) is 6.14. The molecule has 3 rings (SSSR count). The Morgan fingerprint density at radius 1 is 1.06 bits per heavy atom. The molecule has 0 radical (unpaired) electrons. The van der Waals surface area contributed by atoms with Gasteiger partial charge in [0.2, 0.25) is 5.91 Å². The second-order valence-electron chi connectivity index (χ2n) is 8.74. The van der Waals surface area contributed by atoms with Crippen molar-refractivity contribution >= 4 is 11.9 Å². The molecule has 2 saturated heterocycles. The molecule has 36 heavy (non-hydrogen) atoms. The normalized spacial score (nSPS) is 34.3. The summed E-state index contributed by atoms with van der Waals surface area (Å²) in [4.78, 5) is 48.9. The van der Waals surface area contributed by atoms with Crippen molar-refractivity contribution in [2.75, 3.05) is 13.2 Å². The summed E-state index contributed by atoms with van der Waals surface area (Å²) in [7, 11) is 0. The molecule has 2 fully saturated rings. The molecule has 202 valence electrons. The molecule has 0 unspecified atom stereocenters. The number of nitrogens with zero attached hydrogens (tertiary/aromatic N) is 1. The highest BCUT2D eigenvalue weighted by atomic mass is 16.6. The van der Waals surface area contributed by atoms with Crippen molar-refractivity contribution in [2.24, 2.45) is 0 Å². The predicted octanol–water partition coefficient (Wildman–Crippen LogP) is -4.14. The second kappa shape index (κ2) is 12.1. The minimum absolute atomic E-state index is 0.108. The highest BCUT2D eigenvalue weighted by Crippen LogP contribution is 2.29. The van der Waals surface area contributed by atoms with E-state index in [0.29, 0.717) is 0 Å². The third-order valence-corrected chi connectivity index (χ3v) is 6.14. The van der Waals surface area contributed by atoms with Gasteiger partial charge in [-0.25, -0.2) is 4.79 Å². The summed E-state index contributed by atoms with van der Waals surface area (Å²) in [6.45, 7) is 0.267. The standard InChI is InChI=1S/C21H31N3O12/c1-9(26)22-15-10(35-11(7-25)16(29)18(15)31)3-2-4-14(28)34-8-12-17(30)19(32)20(36-12)24-6-5-13(27)23-21(24)33/h5-6,10-12,15-20,25,29-32H,2-4,7-8H2,1H3,(H,22,26)(H,23,27,33)/t10-,11-,12-,15+,16-,17-,18-,19-,20-/m1/s1. The molecular weight excluding hydrogens is 486 g/mol. The van der Waals surface area contributed by atoms with Crippen LogP contribution in [0, 0.1) is 0 Å². The molecule has 0 aromatic carbocycles. The van der Waals surface area contributed by atoms with Crippen LogP contribution in [0.5, 0.6) is 0 Å². The maximum Gasteiger partial charge on any atom is 0.330 e. The zero-order valence-electron chi connectivity index (χ0n) is 19.4. The predicted molar refractivity (Wildman–Crippen MR) is 117 cm³/mol. The minimum atomic E-state index is -1.52. The van der Waals surface area contributed by atoms with Crippen LogP contribution in [-0.2, 0) is 23.8 Å². The number of hydrogen-bond donors (Lipinski definition) is 7. The van der Waals surface area contributed by atoms with Gasteiger partial charge in [0, 0.05) is 25.6 Å². The number of rotatable bonds is 9. The van der Waals surface area contributed by atoms with Crippen LogP contribution in [0.3, 0.4) is 0 Å². The van der Waals surface area contributed by atoms with Gasteiger partial charge in [-0.3, -0.25) is 23.9 Å². The molecule has 1 aromatic heterocycles. The van der Waals surface area contributed by atoms with Crippen LogP contribution in [0.2, 0.25) is 0 Å². The number of H-pyrrole nitrogens is 1. The largest absolute Gasteiger partial charge is 0.463 e. The summed E-state index contributed by atoms with van der Waals surface area (Å²) in [5.74, 6) is -1.13. The van der Waals surface area contributed by atoms with Crippen LogP contribution in [0.1, 0.15) is 32.4 Å². The smallest absolute Gasteiger partial charge is 0.330 e. The topological polar surface area (TPSA) is 230 Å². The van der Waals surface area contributed by atoms with Gasteiger partial charge in [-0.15, -0.1) is 0 Å². The van der Waals surface area contributed by atoms with Gasteiger partial charge in [-0.05, 0) is 12.8 Å². The van der Waals surface area contributed by atoms with E-state index in [1.54, 1.807) is 0 Å². The summed E-state index contributed by atoms with van der Waals surface area (Å²) in [5, 5.41) is 52.7. The molecule has 2 aliphatic rings. The van der Waals surface area contributed by atoms with E-state index in [1.165, 1.54) is 6.92 Å². The number of aromatic nitrogens is 2. The lowest BCUT2D eigenvalue weighted by atomic mass is 9.90. The number of aromatic amines is 1. The molecule has 15 nitrogen and oxygen atoms in total. The van der Waals surface area contributed by atoms with E-state index in [4.69, 9.17) is 14.2 Å². The van der Waals surface area contributed by atoms with E-state index in [1.807, 2.05) is 4.98 Å². The molecule has 0 spiro atoms. The van der Waals surface area contributed by atoms with Crippen LogP contribution in [-0.4, -0.2) is 109 Å². The first kappa shape index (κ1) is 27.9. The first-order chi connectivity index (χ1) is 17.0. The summed E-state index contributed by atoms with van der Waals surface area (Å²) in [6, 6.07) is 0.0970. The molecular formula is C21H31N3O12. The minimum Gasteiger partial charge on any atom is -0.463 e. The molecule has 1 amide bonds. The maximum absolute atomic E-state index is 12.2. The Morgan fingerprint density at radius 2 is 1.75 bits per heavy atom. The molecule has 0 saturated carbocycles. The van der Waals surface area contributed by atoms with E-state index in [-0.39, 0.29) is 19.3 Å². The fraction of sp³-hybridized carbons (Fsp3) is 0.714. The lowest BCUT2D eigenvalue weighted by molar-refractivity contribution is -0.196. The molecule has 7 N–H and O–H groups in total. The van der Waals surface area contributed by atoms with E-state index >= 15 is 0 Å². The summed E-state index contributed by atoms with van der Waals surface area (Å²) in [6.07, 6.45) is -8.69. The van der Waals surface area contributed by atoms with Gasteiger partial charge in [0.1, 0.15) is 43.2 Å². The Labute approximate surface area is 204 Å². The zero-order valence-corrected chi connectivity index (χ0v) is 19.4. The number of esters is 1. The first-order valence-corrected chi connectivity index (χ1v) is 11.4. The summed E-state index contributed by atoms with van der Waals surface area (Å²) >= 11 is 0. The number of carbonyl (C=O) groups is 2. The van der Waals surface area contributed by atoms with Crippen molar-refractivity contribution in [3.8, 4) is 0 Å². The van der Waals surface area contributed by atoms with Crippen molar-refractivity contribution < 1.29 is 49.3 Å². The van der Waals surface area contributed by atoms with Gasteiger partial charge >= 0.3 is 11.7 Å². The average Bonchev–Trinajstić information content (AvgIpc) is 3.10. The molecule has 3 heterocycles. The Hall–Kier alpha value is -2.66.